The van der Waals surface area contributed by atoms with Crippen molar-refractivity contribution in [3.05, 3.63) is 58.2 Å². The smallest absolute Gasteiger partial charge is 0.0114 e. The molecule has 0 N–H and O–H groups in total. The van der Waals surface area contributed by atoms with E-state index >= 15 is 0 Å². The Morgan fingerprint density at radius 2 is 1.62 bits per heavy atom. The van der Waals surface area contributed by atoms with Gasteiger partial charge < -0.3 is 0 Å². The van der Waals surface area contributed by atoms with Crippen LogP contribution in [0.5, 0.6) is 0 Å². The van der Waals surface area contributed by atoms with Crippen molar-refractivity contribution in [1.82, 2.24) is 0 Å². The van der Waals surface area contributed by atoms with Gasteiger partial charge in [-0.15, -0.1) is 0 Å². The Morgan fingerprint density at radius 1 is 0.952 bits per heavy atom. The van der Waals surface area contributed by atoms with Crippen LogP contribution < -0.4 is 0 Å². The topological polar surface area (TPSA) is 0 Å². The van der Waals surface area contributed by atoms with Gasteiger partial charge in [0.05, 0.1) is 0 Å². The van der Waals surface area contributed by atoms with Crippen LogP contribution in [0.15, 0.2) is 41.5 Å². The highest BCUT2D eigenvalue weighted by Gasteiger charge is 2.32. The van der Waals surface area contributed by atoms with E-state index in [4.69, 9.17) is 0 Å². The van der Waals surface area contributed by atoms with Crippen LogP contribution in [0.3, 0.4) is 0 Å². The average molecular weight is 282 g/mol. The quantitative estimate of drug-likeness (QED) is 0.599. The fraction of sp³-hybridized carbons (Fsp3) is 0.524. The summed E-state index contributed by atoms with van der Waals surface area (Å²) in [6, 6.07) is 6.89. The second-order valence-electron chi connectivity index (χ2n) is 8.03. The fourth-order valence-electron chi connectivity index (χ4n) is 3.69. The Morgan fingerprint density at radius 3 is 2.19 bits per heavy atom. The van der Waals surface area contributed by atoms with Crippen molar-refractivity contribution < 1.29 is 0 Å². The van der Waals surface area contributed by atoms with Crippen molar-refractivity contribution in [1.29, 1.82) is 0 Å². The summed E-state index contributed by atoms with van der Waals surface area (Å²) < 4.78 is 0. The molecular weight excluding hydrogens is 252 g/mol. The predicted molar refractivity (Wildman–Crippen MR) is 93.8 cm³/mol. The van der Waals surface area contributed by atoms with E-state index in [2.05, 4.69) is 78.8 Å². The van der Waals surface area contributed by atoms with Crippen LogP contribution in [-0.4, -0.2) is 0 Å². The second kappa shape index (κ2) is 5.48. The van der Waals surface area contributed by atoms with E-state index in [1.807, 2.05) is 0 Å². The summed E-state index contributed by atoms with van der Waals surface area (Å²) in [6.45, 7) is 16.2. The lowest BCUT2D eigenvalue weighted by atomic mass is 9.67. The Labute approximate surface area is 131 Å². The molecule has 1 aromatic carbocycles. The van der Waals surface area contributed by atoms with Gasteiger partial charge in [0.2, 0.25) is 0 Å². The largest absolute Gasteiger partial charge is 0.0839 e. The molecule has 0 radical (unpaired) electrons. The lowest BCUT2D eigenvalue weighted by Crippen LogP contribution is -2.27. The van der Waals surface area contributed by atoms with Crippen LogP contribution in [0.4, 0.5) is 0 Å². The van der Waals surface area contributed by atoms with Gasteiger partial charge in [-0.05, 0) is 48.8 Å². The lowest BCUT2D eigenvalue weighted by molar-refractivity contribution is 0.477. The normalized spacial score (nSPS) is 16.5. The van der Waals surface area contributed by atoms with Crippen LogP contribution in [0.1, 0.15) is 64.2 Å². The molecule has 0 heteroatoms. The molecule has 1 aliphatic carbocycles. The molecule has 0 heterocycles. The number of hydrogen-bond acceptors (Lipinski definition) is 0. The van der Waals surface area contributed by atoms with E-state index in [1.165, 1.54) is 35.1 Å². The molecule has 0 aromatic heterocycles. The third-order valence-corrected chi connectivity index (χ3v) is 4.79. The summed E-state index contributed by atoms with van der Waals surface area (Å²) in [4.78, 5) is 0. The Hall–Kier alpha value is -1.30. The molecule has 0 fully saturated rings. The minimum Gasteiger partial charge on any atom is -0.0839 e. The van der Waals surface area contributed by atoms with Crippen molar-refractivity contribution in [3.63, 3.8) is 0 Å². The molecule has 0 unspecified atom stereocenters. The van der Waals surface area contributed by atoms with E-state index in [1.54, 1.807) is 5.57 Å². The molecule has 114 valence electrons. The molecule has 0 saturated carbocycles. The number of hydrogen-bond donors (Lipinski definition) is 0. The van der Waals surface area contributed by atoms with Gasteiger partial charge in [0.25, 0.3) is 0 Å². The Kier molecular flexibility index (Phi) is 4.19. The van der Waals surface area contributed by atoms with Crippen molar-refractivity contribution in [2.45, 2.75) is 66.7 Å². The van der Waals surface area contributed by atoms with Crippen molar-refractivity contribution in [3.8, 4) is 0 Å². The van der Waals surface area contributed by atoms with E-state index in [0.29, 0.717) is 0 Å². The lowest BCUT2D eigenvalue weighted by Gasteiger charge is -2.37. The SMILES string of the molecule is Cc1ccc(C(C)(C)C2=C(C(C)(C)C)C=CCC2)c(C)c1. The summed E-state index contributed by atoms with van der Waals surface area (Å²) in [5.74, 6) is 0. The summed E-state index contributed by atoms with van der Waals surface area (Å²) >= 11 is 0. The molecule has 2 rings (SSSR count). The summed E-state index contributed by atoms with van der Waals surface area (Å²) in [6.07, 6.45) is 7.05. The van der Waals surface area contributed by atoms with Gasteiger partial charge in [0.1, 0.15) is 0 Å². The molecule has 21 heavy (non-hydrogen) atoms. The molecule has 0 atom stereocenters. The number of allylic oxidation sites excluding steroid dienone is 4. The van der Waals surface area contributed by atoms with Gasteiger partial charge >= 0.3 is 0 Å². The zero-order valence-corrected chi connectivity index (χ0v) is 14.8. The van der Waals surface area contributed by atoms with Crippen molar-refractivity contribution >= 4 is 0 Å². The fourth-order valence-corrected chi connectivity index (χ4v) is 3.69. The predicted octanol–water partition coefficient (Wildman–Crippen LogP) is 6.27. The molecule has 0 bridgehead atoms. The number of rotatable bonds is 2. The van der Waals surface area contributed by atoms with Gasteiger partial charge in [-0.25, -0.2) is 0 Å². The van der Waals surface area contributed by atoms with E-state index in [9.17, 15) is 0 Å². The summed E-state index contributed by atoms with van der Waals surface area (Å²) in [7, 11) is 0. The van der Waals surface area contributed by atoms with Gasteiger partial charge in [-0.2, -0.15) is 0 Å². The van der Waals surface area contributed by atoms with Crippen LogP contribution in [0.2, 0.25) is 0 Å². The van der Waals surface area contributed by atoms with Gasteiger partial charge in [-0.3, -0.25) is 0 Å². The standard InChI is InChI=1S/C21H30/c1-15-12-13-17(16(2)14-15)21(6,7)19-11-9-8-10-18(19)20(3,4)5/h8,10,12-14H,9,11H2,1-7H3. The Bertz CT molecular complexity index is 589. The first kappa shape index (κ1) is 16.1. The number of benzene rings is 1. The van der Waals surface area contributed by atoms with E-state index in [0.717, 1.165) is 0 Å². The minimum atomic E-state index is 0.102. The van der Waals surface area contributed by atoms with Crippen LogP contribution in [0, 0.1) is 19.3 Å². The van der Waals surface area contributed by atoms with Crippen LogP contribution >= 0.6 is 0 Å². The number of aryl methyl sites for hydroxylation is 2. The molecule has 1 aliphatic rings. The molecule has 1 aromatic rings. The zero-order chi connectivity index (χ0) is 15.8. The van der Waals surface area contributed by atoms with Crippen LogP contribution in [-0.2, 0) is 5.41 Å². The van der Waals surface area contributed by atoms with Gasteiger partial charge in [-0.1, -0.05) is 76.1 Å². The summed E-state index contributed by atoms with van der Waals surface area (Å²) in [5.41, 5.74) is 7.69. The van der Waals surface area contributed by atoms with E-state index < -0.39 is 0 Å². The third-order valence-electron chi connectivity index (χ3n) is 4.79. The van der Waals surface area contributed by atoms with Crippen molar-refractivity contribution in [2.75, 3.05) is 0 Å². The molecular formula is C21H30. The molecule has 0 nitrogen and oxygen atoms in total. The summed E-state index contributed by atoms with van der Waals surface area (Å²) in [5, 5.41) is 0. The zero-order valence-electron chi connectivity index (χ0n) is 14.8. The van der Waals surface area contributed by atoms with Crippen molar-refractivity contribution in [2.24, 2.45) is 5.41 Å². The maximum absolute atomic E-state index is 2.39. The average Bonchev–Trinajstić information content (AvgIpc) is 2.37. The Balaban J connectivity index is 2.60. The maximum Gasteiger partial charge on any atom is 0.0114 e. The molecule has 0 spiro atoms. The molecule has 0 amide bonds. The molecule has 0 aliphatic heterocycles. The first-order chi connectivity index (χ1) is 9.64. The maximum atomic E-state index is 2.39. The van der Waals surface area contributed by atoms with Gasteiger partial charge in [0.15, 0.2) is 0 Å². The monoisotopic (exact) mass is 282 g/mol. The first-order valence-electron chi connectivity index (χ1n) is 8.12. The highest BCUT2D eigenvalue weighted by molar-refractivity contribution is 5.47. The van der Waals surface area contributed by atoms with E-state index in [-0.39, 0.29) is 10.8 Å². The second-order valence-corrected chi connectivity index (χ2v) is 8.03. The molecule has 0 saturated heterocycles. The highest BCUT2D eigenvalue weighted by atomic mass is 14.4. The van der Waals surface area contributed by atoms with Crippen LogP contribution in [0.25, 0.3) is 0 Å². The minimum absolute atomic E-state index is 0.102. The highest BCUT2D eigenvalue weighted by Crippen LogP contribution is 2.44. The first-order valence-corrected chi connectivity index (χ1v) is 8.12. The third kappa shape index (κ3) is 3.15. The van der Waals surface area contributed by atoms with Gasteiger partial charge in [0, 0.05) is 5.41 Å².